The van der Waals surface area contributed by atoms with E-state index in [0.29, 0.717) is 23.3 Å². The largest absolute Gasteiger partial charge is 0.467 e. The third-order valence-electron chi connectivity index (χ3n) is 7.52. The number of pyridine rings is 1. The van der Waals surface area contributed by atoms with Crippen molar-refractivity contribution in [3.63, 3.8) is 0 Å². The minimum atomic E-state index is -5.13. The number of carbonyl (C=O) groups is 3. The molecule has 1 aromatic heterocycles. The zero-order chi connectivity index (χ0) is 37.3. The first-order valence-electron chi connectivity index (χ1n) is 14.8. The molecule has 1 N–H and O–H groups in total. The first kappa shape index (κ1) is 38.8. The van der Waals surface area contributed by atoms with Crippen molar-refractivity contribution in [2.45, 2.75) is 77.4 Å². The van der Waals surface area contributed by atoms with Crippen LogP contribution in [0.4, 0.5) is 41.2 Å². The summed E-state index contributed by atoms with van der Waals surface area (Å²) < 4.78 is 106. The topological polar surface area (TPSA) is 97.8 Å². The van der Waals surface area contributed by atoms with E-state index < -0.39 is 69.9 Å². The number of alkyl halides is 6. The summed E-state index contributed by atoms with van der Waals surface area (Å²) >= 11 is 0. The molecule has 2 aromatic carbocycles. The van der Waals surface area contributed by atoms with Crippen molar-refractivity contribution >= 4 is 23.7 Å². The molecule has 0 unspecified atom stereocenters. The molecule has 15 heteroatoms. The van der Waals surface area contributed by atoms with Gasteiger partial charge < -0.3 is 19.7 Å². The van der Waals surface area contributed by atoms with Gasteiger partial charge in [-0.1, -0.05) is 6.07 Å². The Kier molecular flexibility index (Phi) is 11.1. The molecule has 0 fully saturated rings. The van der Waals surface area contributed by atoms with Crippen molar-refractivity contribution in [1.82, 2.24) is 10.3 Å². The van der Waals surface area contributed by atoms with Crippen molar-refractivity contribution in [2.24, 2.45) is 0 Å². The predicted octanol–water partition coefficient (Wildman–Crippen LogP) is 7.78. The summed E-state index contributed by atoms with van der Waals surface area (Å²) in [5.74, 6) is -2.29. The maximum Gasteiger partial charge on any atom is 0.416 e. The molecule has 0 saturated heterocycles. The number of halogens is 7. The van der Waals surface area contributed by atoms with E-state index >= 15 is 0 Å². The van der Waals surface area contributed by atoms with Crippen LogP contribution in [0.25, 0.3) is 11.1 Å². The summed E-state index contributed by atoms with van der Waals surface area (Å²) in [6.45, 7) is 8.83. The summed E-state index contributed by atoms with van der Waals surface area (Å²) in [7, 11) is 2.38. The molecule has 3 aromatic rings. The van der Waals surface area contributed by atoms with E-state index in [4.69, 9.17) is 9.47 Å². The Labute approximate surface area is 278 Å². The molecule has 0 aliphatic carbocycles. The van der Waals surface area contributed by atoms with Crippen LogP contribution in [0.2, 0.25) is 0 Å². The highest BCUT2D eigenvalue weighted by molar-refractivity contribution is 6.03. The third-order valence-corrected chi connectivity index (χ3v) is 7.52. The van der Waals surface area contributed by atoms with Crippen molar-refractivity contribution in [3.05, 3.63) is 82.4 Å². The van der Waals surface area contributed by atoms with E-state index in [2.05, 4.69) is 10.3 Å². The van der Waals surface area contributed by atoms with Gasteiger partial charge in [0.15, 0.2) is 0 Å². The molecule has 1 atom stereocenters. The fraction of sp³-hybridized carbons (Fsp3) is 0.412. The van der Waals surface area contributed by atoms with E-state index in [9.17, 15) is 45.1 Å². The molecule has 0 aliphatic heterocycles. The number of likely N-dealkylation sites (N-methyl/N-ethyl adjacent to an activating group) is 1. The highest BCUT2D eigenvalue weighted by Gasteiger charge is 2.41. The number of esters is 1. The second kappa shape index (κ2) is 14.0. The fourth-order valence-corrected chi connectivity index (χ4v) is 4.98. The number of hydrogen-bond donors (Lipinski definition) is 1. The molecule has 1 heterocycles. The van der Waals surface area contributed by atoms with Crippen LogP contribution in [-0.2, 0) is 43.3 Å². The number of benzene rings is 2. The number of nitrogens with one attached hydrogen (secondary N) is 1. The van der Waals surface area contributed by atoms with Gasteiger partial charge in [-0.25, -0.2) is 14.0 Å². The average Bonchev–Trinajstić information content (AvgIpc) is 2.97. The lowest BCUT2D eigenvalue weighted by atomic mass is 9.81. The SMILES string of the molecule is COC(=O)[C@@H](Cc1cc(-c2ccc(F)cc2C)c(N(C)C(=O)C(C)(C)c2cc(C(F)(F)F)cc(C(F)(F)F)c2)cn1)NC(=O)OC(C)(C)C. The normalized spacial score (nSPS) is 13.0. The number of hydrogen-bond acceptors (Lipinski definition) is 6. The molecule has 0 spiro atoms. The third kappa shape index (κ3) is 9.48. The Morgan fingerprint density at radius 2 is 1.41 bits per heavy atom. The van der Waals surface area contributed by atoms with Gasteiger partial charge in [-0.05, 0) is 94.6 Å². The van der Waals surface area contributed by atoms with Gasteiger partial charge in [0.2, 0.25) is 5.91 Å². The van der Waals surface area contributed by atoms with E-state index in [1.807, 2.05) is 0 Å². The highest BCUT2D eigenvalue weighted by atomic mass is 19.4. The van der Waals surface area contributed by atoms with Crippen LogP contribution < -0.4 is 10.2 Å². The number of methoxy groups -OCH3 is 1. The molecule has 0 radical (unpaired) electrons. The Bertz CT molecular complexity index is 1700. The lowest BCUT2D eigenvalue weighted by Gasteiger charge is -2.32. The molecule has 3 rings (SSSR count). The molecule has 8 nitrogen and oxygen atoms in total. The number of carbonyl (C=O) groups excluding carboxylic acids is 3. The number of rotatable bonds is 8. The van der Waals surface area contributed by atoms with Crippen molar-refractivity contribution in [2.75, 3.05) is 19.1 Å². The lowest BCUT2D eigenvalue weighted by molar-refractivity contribution is -0.144. The van der Waals surface area contributed by atoms with Gasteiger partial charge in [-0.3, -0.25) is 9.78 Å². The Morgan fingerprint density at radius 1 is 0.857 bits per heavy atom. The predicted molar refractivity (Wildman–Crippen MR) is 166 cm³/mol. The van der Waals surface area contributed by atoms with Gasteiger partial charge >= 0.3 is 24.4 Å². The summed E-state index contributed by atoms with van der Waals surface area (Å²) in [5, 5.41) is 2.42. The van der Waals surface area contributed by atoms with E-state index in [0.717, 1.165) is 18.1 Å². The molecular weight excluding hydrogens is 663 g/mol. The standard InChI is InChI=1S/C34H36F7N3O5/c1-18-11-22(35)9-10-24(18)25-15-23(16-26(28(45)48-8)43-30(47)49-31(2,3)4)42-17-27(25)44(7)29(46)32(5,6)19-12-20(33(36,37)38)14-21(13-19)34(39,40)41/h9-15,17,26H,16H2,1-8H3,(H,43,47)/t26-/m1/s1. The zero-order valence-corrected chi connectivity index (χ0v) is 28.0. The molecule has 0 saturated carbocycles. The number of nitrogens with zero attached hydrogens (tertiary/aromatic N) is 2. The number of ether oxygens (including phenoxy) is 2. The van der Waals surface area contributed by atoms with Crippen molar-refractivity contribution in [3.8, 4) is 11.1 Å². The average molecular weight is 700 g/mol. The molecule has 266 valence electrons. The smallest absolute Gasteiger partial charge is 0.416 e. The van der Waals surface area contributed by atoms with Gasteiger partial charge in [-0.15, -0.1) is 0 Å². The van der Waals surface area contributed by atoms with Gasteiger partial charge in [0.05, 0.1) is 35.5 Å². The maximum absolute atomic E-state index is 14.1. The number of alkyl carbamates (subject to hydrolysis) is 1. The van der Waals surface area contributed by atoms with Crippen LogP contribution in [0, 0.1) is 12.7 Å². The number of aromatic nitrogens is 1. The molecule has 49 heavy (non-hydrogen) atoms. The van der Waals surface area contributed by atoms with E-state index in [1.54, 1.807) is 27.7 Å². The first-order chi connectivity index (χ1) is 22.3. The van der Waals surface area contributed by atoms with Gasteiger partial charge in [0.1, 0.15) is 17.5 Å². The van der Waals surface area contributed by atoms with E-state index in [-0.39, 0.29) is 29.4 Å². The second-order valence-electron chi connectivity index (χ2n) is 12.9. The van der Waals surface area contributed by atoms with Crippen LogP contribution in [0.3, 0.4) is 0 Å². The van der Waals surface area contributed by atoms with Crippen LogP contribution in [-0.4, -0.2) is 48.8 Å². The summed E-state index contributed by atoms with van der Waals surface area (Å²) in [5.41, 5.74) is -5.18. The lowest BCUT2D eigenvalue weighted by Crippen LogP contribution is -2.45. The first-order valence-corrected chi connectivity index (χ1v) is 14.8. The molecule has 0 aliphatic rings. The Morgan fingerprint density at radius 3 is 1.90 bits per heavy atom. The molecule has 2 amide bonds. The Balaban J connectivity index is 2.14. The van der Waals surface area contributed by atoms with Crippen LogP contribution in [0.1, 0.15) is 62.6 Å². The summed E-state index contributed by atoms with van der Waals surface area (Å²) in [6.07, 6.45) is -10.2. The van der Waals surface area contributed by atoms with E-state index in [1.165, 1.54) is 45.3 Å². The van der Waals surface area contributed by atoms with Crippen molar-refractivity contribution < 1.29 is 54.6 Å². The minimum absolute atomic E-state index is 0.0227. The van der Waals surface area contributed by atoms with Gasteiger partial charge in [0, 0.05) is 24.7 Å². The zero-order valence-electron chi connectivity index (χ0n) is 28.0. The number of amides is 2. The van der Waals surface area contributed by atoms with Crippen LogP contribution in [0.5, 0.6) is 0 Å². The minimum Gasteiger partial charge on any atom is -0.467 e. The Hall–Kier alpha value is -4.69. The summed E-state index contributed by atoms with van der Waals surface area (Å²) in [4.78, 5) is 44.4. The fourth-order valence-electron chi connectivity index (χ4n) is 4.98. The summed E-state index contributed by atoms with van der Waals surface area (Å²) in [6, 6.07) is 4.94. The van der Waals surface area contributed by atoms with Crippen molar-refractivity contribution in [1.29, 1.82) is 0 Å². The number of aryl methyl sites for hydroxylation is 1. The monoisotopic (exact) mass is 699 g/mol. The van der Waals surface area contributed by atoms with Gasteiger partial charge in [-0.2, -0.15) is 26.3 Å². The molecular formula is C34H36F7N3O5. The highest BCUT2D eigenvalue weighted by Crippen LogP contribution is 2.41. The second-order valence-corrected chi connectivity index (χ2v) is 12.9. The van der Waals surface area contributed by atoms with Crippen LogP contribution in [0.15, 0.2) is 48.7 Å². The van der Waals surface area contributed by atoms with Gasteiger partial charge in [0.25, 0.3) is 0 Å². The van der Waals surface area contributed by atoms with Crippen LogP contribution >= 0.6 is 0 Å². The molecule has 0 bridgehead atoms. The maximum atomic E-state index is 14.1. The quantitative estimate of drug-likeness (QED) is 0.191. The number of anilines is 1.